The number of carbonyl (C=O) groups is 6. The summed E-state index contributed by atoms with van der Waals surface area (Å²) in [5.41, 5.74) is 3.33. The molecule has 5 fully saturated rings. The molecule has 10 rings (SSSR count). The summed E-state index contributed by atoms with van der Waals surface area (Å²) >= 11 is 6.30. The van der Waals surface area contributed by atoms with Crippen LogP contribution in [0.3, 0.4) is 0 Å². The number of nitrogens with one attached hydrogen (secondary N) is 1. The smallest absolute Gasteiger partial charge is 0.262 e. The molecule has 320 valence electrons. The quantitative estimate of drug-likeness (QED) is 0.324. The molecular formula is C47H48ClN7O7. The van der Waals surface area contributed by atoms with Gasteiger partial charge in [-0.3, -0.25) is 43.9 Å². The van der Waals surface area contributed by atoms with Gasteiger partial charge >= 0.3 is 0 Å². The molecule has 1 N–H and O–H groups in total. The Morgan fingerprint density at radius 2 is 1.53 bits per heavy atom. The van der Waals surface area contributed by atoms with Crippen LogP contribution in [-0.4, -0.2) is 119 Å². The lowest BCUT2D eigenvalue weighted by Gasteiger charge is -2.65. The third kappa shape index (κ3) is 6.13. The van der Waals surface area contributed by atoms with Crippen molar-refractivity contribution in [3.05, 3.63) is 93.0 Å². The molecule has 14 nitrogen and oxygen atoms in total. The van der Waals surface area contributed by atoms with Crippen LogP contribution in [-0.2, 0) is 16.1 Å². The number of carbonyl (C=O) groups excluding carboxylic acids is 6. The monoisotopic (exact) mass is 857 g/mol. The van der Waals surface area contributed by atoms with Crippen molar-refractivity contribution in [3.63, 3.8) is 0 Å². The summed E-state index contributed by atoms with van der Waals surface area (Å²) < 4.78 is 6.47. The number of anilines is 1. The molecule has 1 unspecified atom stereocenters. The number of nitrogens with zero attached hydrogens (tertiary/aromatic N) is 6. The maximum atomic E-state index is 13.9. The SMILES string of the molecule is CC1(C)C(Oc2ccc(C#N)c(Cl)c2)C(C)(C)C1N1Cc2cc(C(=O)N3CCN(C4CC5(C4)CN(c4ccc6c(c4)C(=O)N(C4CCC(=O)NC4=O)C6=O)C5)CC3)ccc2C1=O. The van der Waals surface area contributed by atoms with Crippen LogP contribution in [0.25, 0.3) is 0 Å². The Bertz CT molecular complexity index is 2530. The van der Waals surface area contributed by atoms with Crippen molar-refractivity contribution < 1.29 is 33.5 Å². The molecular weight excluding hydrogens is 810 g/mol. The number of imide groups is 2. The molecule has 5 heterocycles. The highest BCUT2D eigenvalue weighted by Gasteiger charge is 2.67. The molecule has 3 aromatic carbocycles. The second-order valence-electron chi connectivity index (χ2n) is 19.5. The van der Waals surface area contributed by atoms with Crippen LogP contribution in [0.15, 0.2) is 54.6 Å². The maximum absolute atomic E-state index is 13.9. The molecule has 5 aliphatic heterocycles. The fourth-order valence-electron chi connectivity index (χ4n) is 12.2. The highest BCUT2D eigenvalue weighted by atomic mass is 35.5. The average Bonchev–Trinajstić information content (AvgIpc) is 3.65. The largest absolute Gasteiger partial charge is 0.489 e. The number of piperidine rings is 1. The maximum Gasteiger partial charge on any atom is 0.262 e. The van der Waals surface area contributed by atoms with Crippen molar-refractivity contribution >= 4 is 52.7 Å². The van der Waals surface area contributed by atoms with Crippen molar-refractivity contribution in [2.45, 2.75) is 84.2 Å². The number of ether oxygens (including phenoxy) is 1. The molecule has 15 heteroatoms. The molecule has 1 spiro atoms. The zero-order chi connectivity index (χ0) is 43.6. The summed E-state index contributed by atoms with van der Waals surface area (Å²) in [6.45, 7) is 13.4. The second kappa shape index (κ2) is 14.1. The van der Waals surface area contributed by atoms with E-state index in [9.17, 15) is 34.0 Å². The van der Waals surface area contributed by atoms with Crippen molar-refractivity contribution in [2.75, 3.05) is 44.2 Å². The van der Waals surface area contributed by atoms with Crippen LogP contribution >= 0.6 is 11.6 Å². The zero-order valence-corrected chi connectivity index (χ0v) is 36.0. The van der Waals surface area contributed by atoms with Crippen LogP contribution < -0.4 is 15.0 Å². The van der Waals surface area contributed by atoms with Crippen molar-refractivity contribution in [2.24, 2.45) is 16.2 Å². The number of benzene rings is 3. The number of rotatable bonds is 7. The van der Waals surface area contributed by atoms with E-state index < -0.39 is 40.5 Å². The van der Waals surface area contributed by atoms with Gasteiger partial charge < -0.3 is 19.4 Å². The highest BCUT2D eigenvalue weighted by Crippen LogP contribution is 2.59. The minimum Gasteiger partial charge on any atom is -0.489 e. The first-order chi connectivity index (χ1) is 29.5. The first-order valence-corrected chi connectivity index (χ1v) is 21.8. The number of nitriles is 1. The molecule has 0 bridgehead atoms. The second-order valence-corrected chi connectivity index (χ2v) is 19.9. The highest BCUT2D eigenvalue weighted by molar-refractivity contribution is 6.31. The Morgan fingerprint density at radius 1 is 0.839 bits per heavy atom. The normalized spacial score (nSPS) is 26.1. The first kappa shape index (κ1) is 40.3. The predicted molar refractivity (Wildman–Crippen MR) is 227 cm³/mol. The van der Waals surface area contributed by atoms with E-state index in [1.165, 1.54) is 0 Å². The molecule has 3 saturated heterocycles. The van der Waals surface area contributed by atoms with Gasteiger partial charge in [-0.1, -0.05) is 39.3 Å². The van der Waals surface area contributed by atoms with Gasteiger partial charge in [0.1, 0.15) is 24.0 Å². The van der Waals surface area contributed by atoms with E-state index in [1.807, 2.05) is 21.9 Å². The minimum atomic E-state index is -0.987. The van der Waals surface area contributed by atoms with Crippen LogP contribution in [0, 0.1) is 27.6 Å². The van der Waals surface area contributed by atoms with E-state index in [4.69, 9.17) is 16.3 Å². The Labute approximate surface area is 364 Å². The molecule has 7 aliphatic rings. The number of hydrogen-bond donors (Lipinski definition) is 1. The Kier molecular flexibility index (Phi) is 9.18. The van der Waals surface area contributed by atoms with Gasteiger partial charge in [0.05, 0.1) is 21.7 Å². The van der Waals surface area contributed by atoms with Gasteiger partial charge in [-0.15, -0.1) is 0 Å². The fourth-order valence-corrected chi connectivity index (χ4v) is 12.4. The minimum absolute atomic E-state index is 0.0216. The lowest BCUT2D eigenvalue weighted by Crippen LogP contribution is -2.74. The molecule has 2 saturated carbocycles. The molecule has 1 atom stereocenters. The summed E-state index contributed by atoms with van der Waals surface area (Å²) in [5, 5.41) is 11.9. The predicted octanol–water partition coefficient (Wildman–Crippen LogP) is 4.88. The van der Waals surface area contributed by atoms with Crippen LogP contribution in [0.5, 0.6) is 5.75 Å². The van der Waals surface area contributed by atoms with Gasteiger partial charge in [0.15, 0.2) is 0 Å². The van der Waals surface area contributed by atoms with Crippen LogP contribution in [0.4, 0.5) is 5.69 Å². The molecule has 3 aromatic rings. The molecule has 62 heavy (non-hydrogen) atoms. The fraction of sp³-hybridized carbons (Fsp3) is 0.468. The lowest BCUT2D eigenvalue weighted by molar-refractivity contribution is -0.199. The van der Waals surface area contributed by atoms with Crippen LogP contribution in [0.1, 0.15) is 106 Å². The third-order valence-corrected chi connectivity index (χ3v) is 15.2. The summed E-state index contributed by atoms with van der Waals surface area (Å²) in [6, 6.07) is 17.3. The summed E-state index contributed by atoms with van der Waals surface area (Å²) in [7, 11) is 0. The molecule has 0 aromatic heterocycles. The number of hydrogen-bond acceptors (Lipinski definition) is 10. The van der Waals surface area contributed by atoms with Gasteiger partial charge in [-0.25, -0.2) is 0 Å². The topological polar surface area (TPSA) is 164 Å². The first-order valence-electron chi connectivity index (χ1n) is 21.4. The van der Waals surface area contributed by atoms with E-state index >= 15 is 0 Å². The molecule has 6 amide bonds. The van der Waals surface area contributed by atoms with E-state index in [2.05, 4.69) is 48.9 Å². The Morgan fingerprint density at radius 3 is 2.21 bits per heavy atom. The molecule has 0 radical (unpaired) electrons. The van der Waals surface area contributed by atoms with Crippen molar-refractivity contribution in [1.82, 2.24) is 24.9 Å². The van der Waals surface area contributed by atoms with E-state index in [0.29, 0.717) is 58.7 Å². The number of amides is 6. The van der Waals surface area contributed by atoms with Crippen molar-refractivity contribution in [3.8, 4) is 11.8 Å². The van der Waals surface area contributed by atoms with Gasteiger partial charge in [-0.2, -0.15) is 5.26 Å². The van der Waals surface area contributed by atoms with E-state index in [0.717, 1.165) is 55.2 Å². The number of fused-ring (bicyclic) bond motifs is 2. The van der Waals surface area contributed by atoms with Crippen LogP contribution in [0.2, 0.25) is 5.02 Å². The third-order valence-electron chi connectivity index (χ3n) is 14.9. The van der Waals surface area contributed by atoms with E-state index in [1.54, 1.807) is 42.5 Å². The standard InChI is InChI=1S/C47H48ClN7O7/c1-45(2)43(46(3,4)44(45)62-31-8-5-27(22-49)35(48)19-31)54-23-28-17-26(6-9-32(28)40(54)59)39(58)52-15-13-51(14-16-52)30-20-47(21-30)24-53(25-47)29-7-10-33-34(18-29)42(61)55(41(33)60)36-11-12-37(56)50-38(36)57/h5-10,17-19,30,36,43-44H,11-16,20-21,23-25H2,1-4H3,(H,50,56,57). The summed E-state index contributed by atoms with van der Waals surface area (Å²) in [6.07, 6.45) is 2.11. The van der Waals surface area contributed by atoms with Gasteiger partial charge in [0, 0.05) is 103 Å². The van der Waals surface area contributed by atoms with Gasteiger partial charge in [-0.05, 0) is 73.4 Å². The Balaban J connectivity index is 0.713. The van der Waals surface area contributed by atoms with E-state index in [-0.39, 0.29) is 47.8 Å². The summed E-state index contributed by atoms with van der Waals surface area (Å²) in [4.78, 5) is 87.9. The van der Waals surface area contributed by atoms with Crippen molar-refractivity contribution in [1.29, 1.82) is 5.26 Å². The molecule has 2 aliphatic carbocycles. The Hall–Kier alpha value is -5.78. The van der Waals surface area contributed by atoms with Gasteiger partial charge in [0.2, 0.25) is 11.8 Å². The summed E-state index contributed by atoms with van der Waals surface area (Å²) in [5.74, 6) is -1.50. The number of halogens is 1. The lowest BCUT2D eigenvalue weighted by atomic mass is 9.49. The average molecular weight is 858 g/mol. The number of piperazine rings is 1. The zero-order valence-electron chi connectivity index (χ0n) is 35.2. The van der Waals surface area contributed by atoms with Gasteiger partial charge in [0.25, 0.3) is 23.6 Å².